The highest BCUT2D eigenvalue weighted by Crippen LogP contribution is 2.23. The first-order valence-electron chi connectivity index (χ1n) is 6.39. The van der Waals surface area contributed by atoms with Gasteiger partial charge in [0.15, 0.2) is 0 Å². The lowest BCUT2D eigenvalue weighted by molar-refractivity contribution is -0.122. The van der Waals surface area contributed by atoms with Crippen molar-refractivity contribution in [1.82, 2.24) is 15.6 Å². The fourth-order valence-electron chi connectivity index (χ4n) is 2.17. The van der Waals surface area contributed by atoms with Crippen molar-refractivity contribution in [2.75, 3.05) is 6.54 Å². The Bertz CT molecular complexity index is 466. The van der Waals surface area contributed by atoms with E-state index in [1.165, 1.54) is 0 Å². The molecule has 1 unspecified atom stereocenters. The van der Waals surface area contributed by atoms with Crippen LogP contribution >= 0.6 is 0 Å². The molecule has 0 radical (unpaired) electrons. The molecule has 6 nitrogen and oxygen atoms in total. The monoisotopic (exact) mass is 265 g/mol. The highest BCUT2D eigenvalue weighted by atomic mass is 16.3. The van der Waals surface area contributed by atoms with Gasteiger partial charge in [-0.15, -0.1) is 0 Å². The molecule has 0 bridgehead atoms. The maximum Gasteiger partial charge on any atom is 0.220 e. The molecule has 1 aromatic rings. The van der Waals surface area contributed by atoms with Crippen LogP contribution in [-0.2, 0) is 17.9 Å². The summed E-state index contributed by atoms with van der Waals surface area (Å²) in [5, 5.41) is 25.4. The first-order chi connectivity index (χ1) is 9.11. The third-order valence-electron chi connectivity index (χ3n) is 3.43. The summed E-state index contributed by atoms with van der Waals surface area (Å²) in [6, 6.07) is 0.192. The molecule has 104 valence electrons. The number of hydrogen-bond donors (Lipinski definition) is 4. The molecular weight excluding hydrogens is 246 g/mol. The fraction of sp³-hybridized carbons (Fsp3) is 0.538. The molecule has 1 aromatic heterocycles. The minimum Gasteiger partial charge on any atom is -0.506 e. The number of nitrogens with one attached hydrogen (secondary N) is 2. The molecule has 0 aromatic carbocycles. The van der Waals surface area contributed by atoms with Crippen LogP contribution in [-0.4, -0.2) is 33.7 Å². The SMILES string of the molecule is Cc1ncc(CO)c(CNC2CCC(=O)NC2)c1O. The molecule has 2 rings (SSSR count). The van der Waals surface area contributed by atoms with Gasteiger partial charge in [-0.3, -0.25) is 9.78 Å². The van der Waals surface area contributed by atoms with Crippen LogP contribution in [0.2, 0.25) is 0 Å². The molecule has 1 fully saturated rings. The molecule has 0 spiro atoms. The predicted molar refractivity (Wildman–Crippen MR) is 69.4 cm³/mol. The summed E-state index contributed by atoms with van der Waals surface area (Å²) in [7, 11) is 0. The highest BCUT2D eigenvalue weighted by molar-refractivity contribution is 5.76. The van der Waals surface area contributed by atoms with Crippen molar-refractivity contribution in [2.45, 2.75) is 39.0 Å². The summed E-state index contributed by atoms with van der Waals surface area (Å²) in [5.41, 5.74) is 1.84. The van der Waals surface area contributed by atoms with Crippen LogP contribution in [0.1, 0.15) is 29.7 Å². The summed E-state index contributed by atoms with van der Waals surface area (Å²) in [4.78, 5) is 15.1. The van der Waals surface area contributed by atoms with Gasteiger partial charge in [0.25, 0.3) is 0 Å². The van der Waals surface area contributed by atoms with Crippen molar-refractivity contribution in [3.63, 3.8) is 0 Å². The molecule has 1 aliphatic rings. The Morgan fingerprint density at radius 1 is 1.58 bits per heavy atom. The second-order valence-corrected chi connectivity index (χ2v) is 4.77. The molecule has 1 saturated heterocycles. The number of carbonyl (C=O) groups is 1. The van der Waals surface area contributed by atoms with E-state index in [2.05, 4.69) is 15.6 Å². The number of carbonyl (C=O) groups excluding carboxylic acids is 1. The molecular formula is C13H19N3O3. The first-order valence-corrected chi connectivity index (χ1v) is 6.39. The minimum absolute atomic E-state index is 0.0803. The maximum absolute atomic E-state index is 11.1. The van der Waals surface area contributed by atoms with E-state index in [1.54, 1.807) is 13.1 Å². The lowest BCUT2D eigenvalue weighted by atomic mass is 10.0. The zero-order chi connectivity index (χ0) is 13.8. The molecule has 19 heavy (non-hydrogen) atoms. The van der Waals surface area contributed by atoms with E-state index >= 15 is 0 Å². The van der Waals surface area contributed by atoms with Crippen molar-refractivity contribution < 1.29 is 15.0 Å². The number of aromatic hydroxyl groups is 1. The Hall–Kier alpha value is -1.66. The van der Waals surface area contributed by atoms with Crippen LogP contribution in [0.4, 0.5) is 0 Å². The van der Waals surface area contributed by atoms with Crippen LogP contribution in [0, 0.1) is 6.92 Å². The molecule has 0 aliphatic carbocycles. The Labute approximate surface area is 111 Å². The van der Waals surface area contributed by atoms with Crippen LogP contribution < -0.4 is 10.6 Å². The lowest BCUT2D eigenvalue weighted by Gasteiger charge is -2.24. The Morgan fingerprint density at radius 3 is 3.00 bits per heavy atom. The van der Waals surface area contributed by atoms with Crippen LogP contribution in [0.25, 0.3) is 0 Å². The lowest BCUT2D eigenvalue weighted by Crippen LogP contribution is -2.45. The number of aromatic nitrogens is 1. The van der Waals surface area contributed by atoms with Gasteiger partial charge >= 0.3 is 0 Å². The third kappa shape index (κ3) is 3.21. The number of pyridine rings is 1. The molecule has 0 saturated carbocycles. The molecule has 1 aliphatic heterocycles. The molecule has 1 atom stereocenters. The normalized spacial score (nSPS) is 19.3. The Balaban J connectivity index is 2.02. The second-order valence-electron chi connectivity index (χ2n) is 4.77. The maximum atomic E-state index is 11.1. The van der Waals surface area contributed by atoms with Gasteiger partial charge in [-0.25, -0.2) is 0 Å². The molecule has 6 heteroatoms. The van der Waals surface area contributed by atoms with Crippen molar-refractivity contribution in [1.29, 1.82) is 0 Å². The second kappa shape index (κ2) is 5.99. The standard InChI is InChI=1S/C13H19N3O3/c1-8-13(19)11(9(7-17)4-14-8)6-15-10-2-3-12(18)16-5-10/h4,10,15,17,19H,2-3,5-7H2,1H3,(H,16,18). The van der Waals surface area contributed by atoms with Gasteiger partial charge in [-0.05, 0) is 13.3 Å². The van der Waals surface area contributed by atoms with E-state index in [0.717, 1.165) is 6.42 Å². The number of aryl methyl sites for hydroxylation is 1. The Kier molecular flexibility index (Phi) is 4.34. The fourth-order valence-corrected chi connectivity index (χ4v) is 2.17. The van der Waals surface area contributed by atoms with Gasteiger partial charge in [0.1, 0.15) is 5.75 Å². The predicted octanol–water partition coefficient (Wildman–Crippen LogP) is -0.0439. The molecule has 1 amide bonds. The quantitative estimate of drug-likeness (QED) is 0.612. The number of aliphatic hydroxyl groups is 1. The number of piperidine rings is 1. The zero-order valence-corrected chi connectivity index (χ0v) is 10.9. The van der Waals surface area contributed by atoms with Gasteiger partial charge < -0.3 is 20.8 Å². The van der Waals surface area contributed by atoms with Gasteiger partial charge in [0, 0.05) is 42.9 Å². The number of aliphatic hydroxyl groups excluding tert-OH is 1. The largest absolute Gasteiger partial charge is 0.506 e. The number of rotatable bonds is 4. The van der Waals surface area contributed by atoms with E-state index in [1.807, 2.05) is 0 Å². The van der Waals surface area contributed by atoms with Crippen LogP contribution in [0.5, 0.6) is 5.75 Å². The summed E-state index contributed by atoms with van der Waals surface area (Å²) in [5.74, 6) is 0.204. The number of amides is 1. The molecule has 2 heterocycles. The average Bonchev–Trinajstić information content (AvgIpc) is 2.42. The van der Waals surface area contributed by atoms with E-state index in [9.17, 15) is 15.0 Å². The van der Waals surface area contributed by atoms with Crippen LogP contribution in [0.3, 0.4) is 0 Å². The van der Waals surface area contributed by atoms with E-state index < -0.39 is 0 Å². The summed E-state index contributed by atoms with van der Waals surface area (Å²) >= 11 is 0. The topological polar surface area (TPSA) is 94.5 Å². The third-order valence-corrected chi connectivity index (χ3v) is 3.43. The van der Waals surface area contributed by atoms with Gasteiger partial charge in [-0.1, -0.05) is 0 Å². The average molecular weight is 265 g/mol. The number of hydrogen-bond acceptors (Lipinski definition) is 5. The summed E-state index contributed by atoms with van der Waals surface area (Å²) in [6.07, 6.45) is 2.88. The highest BCUT2D eigenvalue weighted by Gasteiger charge is 2.19. The van der Waals surface area contributed by atoms with E-state index in [0.29, 0.717) is 36.3 Å². The van der Waals surface area contributed by atoms with Crippen molar-refractivity contribution in [2.24, 2.45) is 0 Å². The van der Waals surface area contributed by atoms with E-state index in [-0.39, 0.29) is 24.3 Å². The van der Waals surface area contributed by atoms with Gasteiger partial charge in [0.2, 0.25) is 5.91 Å². The van der Waals surface area contributed by atoms with E-state index in [4.69, 9.17) is 0 Å². The number of nitrogens with zero attached hydrogens (tertiary/aromatic N) is 1. The zero-order valence-electron chi connectivity index (χ0n) is 10.9. The minimum atomic E-state index is -0.154. The smallest absolute Gasteiger partial charge is 0.220 e. The van der Waals surface area contributed by atoms with Crippen molar-refractivity contribution in [3.8, 4) is 5.75 Å². The van der Waals surface area contributed by atoms with Gasteiger partial charge in [0.05, 0.1) is 12.3 Å². The van der Waals surface area contributed by atoms with Crippen molar-refractivity contribution in [3.05, 3.63) is 23.0 Å². The van der Waals surface area contributed by atoms with Crippen molar-refractivity contribution >= 4 is 5.91 Å². The Morgan fingerprint density at radius 2 is 2.37 bits per heavy atom. The summed E-state index contributed by atoms with van der Waals surface area (Å²) in [6.45, 7) is 2.61. The van der Waals surface area contributed by atoms with Crippen LogP contribution in [0.15, 0.2) is 6.20 Å². The summed E-state index contributed by atoms with van der Waals surface area (Å²) < 4.78 is 0. The first kappa shape index (κ1) is 13.8. The molecule has 4 N–H and O–H groups in total. The van der Waals surface area contributed by atoms with Gasteiger partial charge in [-0.2, -0.15) is 0 Å².